The summed E-state index contributed by atoms with van der Waals surface area (Å²) in [6, 6.07) is 11.9. The second kappa shape index (κ2) is 7.48. The molecule has 28 heavy (non-hydrogen) atoms. The smallest absolute Gasteiger partial charge is 0.224 e. The van der Waals surface area contributed by atoms with Crippen molar-refractivity contribution in [1.82, 2.24) is 19.9 Å². The minimum Gasteiger partial charge on any atom is -0.348 e. The van der Waals surface area contributed by atoms with Crippen LogP contribution in [0.5, 0.6) is 0 Å². The maximum Gasteiger partial charge on any atom is 0.224 e. The Balaban J connectivity index is 1.51. The second-order valence-electron chi connectivity index (χ2n) is 7.38. The summed E-state index contributed by atoms with van der Waals surface area (Å²) in [6.07, 6.45) is 3.49. The number of nitrogens with zero attached hydrogens (tertiary/aromatic N) is 5. The summed E-state index contributed by atoms with van der Waals surface area (Å²) >= 11 is 11.7. The third-order valence-electron chi connectivity index (χ3n) is 4.96. The van der Waals surface area contributed by atoms with Gasteiger partial charge in [-0.3, -0.25) is 4.98 Å². The number of thiocarbonyl (C=S) groups is 1. The van der Waals surface area contributed by atoms with Crippen molar-refractivity contribution < 1.29 is 0 Å². The molecule has 0 atom stereocenters. The van der Waals surface area contributed by atoms with Crippen LogP contribution in [-0.4, -0.2) is 50.1 Å². The van der Waals surface area contributed by atoms with Gasteiger partial charge in [-0.15, -0.1) is 0 Å². The molecule has 0 unspecified atom stereocenters. The Bertz CT molecular complexity index is 1020. The number of hydrogen-bond donors (Lipinski definition) is 1. The fourth-order valence-electron chi connectivity index (χ4n) is 3.64. The third kappa shape index (κ3) is 3.72. The molecule has 3 aromatic rings. The van der Waals surface area contributed by atoms with Crippen molar-refractivity contribution in [2.45, 2.75) is 19.4 Å². The van der Waals surface area contributed by atoms with Gasteiger partial charge in [-0.1, -0.05) is 6.07 Å². The molecule has 6 nitrogen and oxygen atoms in total. The van der Waals surface area contributed by atoms with Gasteiger partial charge in [0.05, 0.1) is 11.1 Å². The number of aromatic nitrogens is 3. The van der Waals surface area contributed by atoms with E-state index in [9.17, 15) is 0 Å². The highest BCUT2D eigenvalue weighted by atomic mass is 35.5. The molecule has 0 radical (unpaired) electrons. The van der Waals surface area contributed by atoms with E-state index in [1.54, 1.807) is 12.4 Å². The summed E-state index contributed by atoms with van der Waals surface area (Å²) in [7, 11) is 0. The van der Waals surface area contributed by atoms with Gasteiger partial charge in [0.1, 0.15) is 5.82 Å². The van der Waals surface area contributed by atoms with Crippen molar-refractivity contribution in [1.29, 1.82) is 0 Å². The predicted molar refractivity (Wildman–Crippen MR) is 118 cm³/mol. The van der Waals surface area contributed by atoms with Crippen LogP contribution in [0.2, 0.25) is 5.28 Å². The highest BCUT2D eigenvalue weighted by Gasteiger charge is 2.35. The molecule has 144 valence electrons. The van der Waals surface area contributed by atoms with Gasteiger partial charge in [0.25, 0.3) is 0 Å². The quantitative estimate of drug-likeness (QED) is 0.504. The van der Waals surface area contributed by atoms with Crippen molar-refractivity contribution in [3.05, 3.63) is 54.1 Å². The van der Waals surface area contributed by atoms with Crippen LogP contribution < -0.4 is 10.2 Å². The van der Waals surface area contributed by atoms with E-state index in [-0.39, 0.29) is 10.8 Å². The Kier molecular flexibility index (Phi) is 5.03. The number of rotatable bonds is 2. The van der Waals surface area contributed by atoms with Gasteiger partial charge in [-0.25, -0.2) is 9.97 Å². The Labute approximate surface area is 174 Å². The van der Waals surface area contributed by atoms with Crippen LogP contribution in [0.3, 0.4) is 0 Å². The molecule has 3 heterocycles. The molecule has 0 spiro atoms. The van der Waals surface area contributed by atoms with Crippen LogP contribution >= 0.6 is 23.8 Å². The van der Waals surface area contributed by atoms with Crippen molar-refractivity contribution in [3.8, 4) is 0 Å². The highest BCUT2D eigenvalue weighted by Crippen LogP contribution is 2.28. The molecule has 8 heteroatoms. The second-order valence-corrected chi connectivity index (χ2v) is 8.10. The zero-order valence-corrected chi connectivity index (χ0v) is 17.3. The van der Waals surface area contributed by atoms with Gasteiger partial charge in [0.2, 0.25) is 5.28 Å². The topological polar surface area (TPSA) is 57.2 Å². The molecule has 1 fully saturated rings. The van der Waals surface area contributed by atoms with Crippen molar-refractivity contribution in [3.63, 3.8) is 0 Å². The van der Waals surface area contributed by atoms with E-state index in [0.717, 1.165) is 42.0 Å². The zero-order chi connectivity index (χ0) is 19.7. The van der Waals surface area contributed by atoms with Crippen molar-refractivity contribution in [2.75, 3.05) is 29.9 Å². The fourth-order valence-corrected chi connectivity index (χ4v) is 4.04. The summed E-state index contributed by atoms with van der Waals surface area (Å²) in [5.41, 5.74) is 1.75. The van der Waals surface area contributed by atoms with Crippen molar-refractivity contribution >= 4 is 51.3 Å². The Morgan fingerprint density at radius 3 is 2.75 bits per heavy atom. The summed E-state index contributed by atoms with van der Waals surface area (Å²) in [4.78, 5) is 17.2. The number of piperazine rings is 1. The lowest BCUT2D eigenvalue weighted by molar-refractivity contribution is 0.267. The number of fused-ring (bicyclic) bond motifs is 1. The van der Waals surface area contributed by atoms with E-state index in [2.05, 4.69) is 43.9 Å². The van der Waals surface area contributed by atoms with E-state index in [1.807, 2.05) is 36.4 Å². The van der Waals surface area contributed by atoms with Gasteiger partial charge in [-0.2, -0.15) is 0 Å². The number of benzene rings is 1. The molecular formula is C20H21ClN6S. The van der Waals surface area contributed by atoms with E-state index >= 15 is 0 Å². The summed E-state index contributed by atoms with van der Waals surface area (Å²) in [5, 5.41) is 5.44. The van der Waals surface area contributed by atoms with Crippen LogP contribution in [0.1, 0.15) is 13.8 Å². The molecule has 1 N–H and O–H groups in total. The Morgan fingerprint density at radius 1 is 1.11 bits per heavy atom. The molecule has 1 aliphatic rings. The molecular weight excluding hydrogens is 392 g/mol. The Morgan fingerprint density at radius 2 is 1.96 bits per heavy atom. The minimum atomic E-state index is -0.165. The first kappa shape index (κ1) is 18.8. The van der Waals surface area contributed by atoms with E-state index in [0.29, 0.717) is 5.11 Å². The molecule has 0 saturated carbocycles. The van der Waals surface area contributed by atoms with Crippen LogP contribution in [0, 0.1) is 0 Å². The maximum atomic E-state index is 5.98. The van der Waals surface area contributed by atoms with Gasteiger partial charge >= 0.3 is 0 Å². The number of pyridine rings is 1. The number of hydrogen-bond acceptors (Lipinski definition) is 5. The summed E-state index contributed by atoms with van der Waals surface area (Å²) in [6.45, 7) is 6.71. The monoisotopic (exact) mass is 412 g/mol. The Hall–Kier alpha value is -2.51. The van der Waals surface area contributed by atoms with E-state index < -0.39 is 0 Å². The summed E-state index contributed by atoms with van der Waals surface area (Å²) in [5.74, 6) is 0.837. The third-order valence-corrected chi connectivity index (χ3v) is 5.51. The first-order valence-corrected chi connectivity index (χ1v) is 9.88. The van der Waals surface area contributed by atoms with Gasteiger partial charge in [-0.05, 0) is 68.0 Å². The SMILES string of the molecule is CC1(C)CN(C(=S)Nc2cccc3ncccc23)CCN1c1ccnc(Cl)n1. The predicted octanol–water partition coefficient (Wildman–Crippen LogP) is 3.98. The molecule has 1 aromatic carbocycles. The lowest BCUT2D eigenvalue weighted by Crippen LogP contribution is -2.61. The van der Waals surface area contributed by atoms with Crippen LogP contribution in [0.4, 0.5) is 11.5 Å². The average Bonchev–Trinajstić information content (AvgIpc) is 2.67. The van der Waals surface area contributed by atoms with Crippen LogP contribution in [0.25, 0.3) is 10.9 Å². The molecule has 0 aliphatic carbocycles. The van der Waals surface area contributed by atoms with Crippen LogP contribution in [-0.2, 0) is 0 Å². The minimum absolute atomic E-state index is 0.165. The van der Waals surface area contributed by atoms with Gasteiger partial charge in [0.15, 0.2) is 5.11 Å². The van der Waals surface area contributed by atoms with Gasteiger partial charge in [0, 0.05) is 43.1 Å². The lowest BCUT2D eigenvalue weighted by atomic mass is 9.99. The first-order chi connectivity index (χ1) is 13.4. The van der Waals surface area contributed by atoms with Gasteiger partial charge < -0.3 is 15.1 Å². The fraction of sp³-hybridized carbons (Fsp3) is 0.300. The lowest BCUT2D eigenvalue weighted by Gasteiger charge is -2.48. The van der Waals surface area contributed by atoms with Crippen molar-refractivity contribution in [2.24, 2.45) is 0 Å². The van der Waals surface area contributed by atoms with E-state index in [4.69, 9.17) is 23.8 Å². The number of halogens is 1. The normalized spacial score (nSPS) is 16.2. The summed E-state index contributed by atoms with van der Waals surface area (Å²) < 4.78 is 0. The number of nitrogens with one attached hydrogen (secondary N) is 1. The average molecular weight is 413 g/mol. The standard InChI is InChI=1S/C20H21ClN6S/c1-20(2)13-26(11-12-27(20)17-8-10-23-18(21)25-17)19(28)24-16-7-3-6-15-14(16)5-4-9-22-15/h3-10H,11-13H2,1-2H3,(H,24,28). The maximum absolute atomic E-state index is 5.98. The van der Waals surface area contributed by atoms with E-state index in [1.165, 1.54) is 0 Å². The number of anilines is 2. The molecule has 2 aromatic heterocycles. The molecule has 0 bridgehead atoms. The zero-order valence-electron chi connectivity index (χ0n) is 15.8. The molecule has 4 rings (SSSR count). The largest absolute Gasteiger partial charge is 0.348 e. The first-order valence-electron chi connectivity index (χ1n) is 9.10. The molecule has 0 amide bonds. The highest BCUT2D eigenvalue weighted by molar-refractivity contribution is 7.80. The van der Waals surface area contributed by atoms with Crippen LogP contribution in [0.15, 0.2) is 48.8 Å². The molecule has 1 aliphatic heterocycles. The molecule has 1 saturated heterocycles.